The van der Waals surface area contributed by atoms with Crippen LogP contribution in [0, 0.1) is 6.92 Å². The van der Waals surface area contributed by atoms with Gasteiger partial charge in [0.1, 0.15) is 0 Å². The zero-order valence-corrected chi connectivity index (χ0v) is 16.1. The predicted octanol–water partition coefficient (Wildman–Crippen LogP) is 4.12. The summed E-state index contributed by atoms with van der Waals surface area (Å²) in [6.07, 6.45) is 0.358. The molecule has 3 rings (SSSR count). The fraction of sp³-hybridized carbons (Fsp3) is 0.350. The number of carbonyl (C=O) groups is 1. The van der Waals surface area contributed by atoms with Crippen LogP contribution in [0.3, 0.4) is 0 Å². The first kappa shape index (κ1) is 19.8. The van der Waals surface area contributed by atoms with Gasteiger partial charge in [0.15, 0.2) is 0 Å². The van der Waals surface area contributed by atoms with E-state index in [2.05, 4.69) is 31.2 Å². The third kappa shape index (κ3) is 5.00. The van der Waals surface area contributed by atoms with E-state index in [0.29, 0.717) is 6.42 Å². The minimum absolute atomic E-state index is 0. The molecular formula is C20H25ClN2OS. The van der Waals surface area contributed by atoms with Crippen LogP contribution in [0.2, 0.25) is 0 Å². The lowest BCUT2D eigenvalue weighted by molar-refractivity contribution is -0.133. The lowest BCUT2D eigenvalue weighted by Crippen LogP contribution is -2.41. The number of nitrogens with two attached hydrogens (primary N) is 1. The topological polar surface area (TPSA) is 46.3 Å². The van der Waals surface area contributed by atoms with Gasteiger partial charge < -0.3 is 10.6 Å². The molecule has 0 aromatic heterocycles. The number of nitrogens with zero attached hydrogens (tertiary/aromatic N) is 1. The van der Waals surface area contributed by atoms with Crippen molar-refractivity contribution in [2.24, 2.45) is 5.73 Å². The summed E-state index contributed by atoms with van der Waals surface area (Å²) in [4.78, 5) is 14.9. The van der Waals surface area contributed by atoms with Crippen LogP contribution in [0.25, 0.3) is 0 Å². The van der Waals surface area contributed by atoms with Crippen LogP contribution in [-0.2, 0) is 4.79 Å². The van der Waals surface area contributed by atoms with Crippen molar-refractivity contribution in [3.8, 4) is 0 Å². The Morgan fingerprint density at radius 1 is 1.20 bits per heavy atom. The zero-order chi connectivity index (χ0) is 16.9. The molecule has 2 atom stereocenters. The third-order valence-corrected chi connectivity index (χ3v) is 5.56. The van der Waals surface area contributed by atoms with Gasteiger partial charge in [0.05, 0.1) is 6.04 Å². The van der Waals surface area contributed by atoms with Crippen molar-refractivity contribution in [3.63, 3.8) is 0 Å². The molecular weight excluding hydrogens is 352 g/mol. The van der Waals surface area contributed by atoms with Gasteiger partial charge in [-0.05, 0) is 18.1 Å². The monoisotopic (exact) mass is 376 g/mol. The van der Waals surface area contributed by atoms with Crippen LogP contribution in [-0.4, -0.2) is 28.9 Å². The van der Waals surface area contributed by atoms with Crippen LogP contribution >= 0.6 is 24.2 Å². The first-order valence-electron chi connectivity index (χ1n) is 8.39. The highest BCUT2D eigenvalue weighted by Crippen LogP contribution is 2.31. The number of halogens is 1. The number of benzene rings is 2. The SMILES string of the molecule is Cc1ccc(C2CSCCN2C(=O)CC(N)c2ccccc2)cc1.Cl. The summed E-state index contributed by atoms with van der Waals surface area (Å²) in [5, 5.41) is 0. The van der Waals surface area contributed by atoms with Crippen LogP contribution < -0.4 is 5.73 Å². The Balaban J connectivity index is 0.00000225. The average Bonchev–Trinajstić information content (AvgIpc) is 2.63. The van der Waals surface area contributed by atoms with Gasteiger partial charge in [-0.15, -0.1) is 12.4 Å². The first-order valence-corrected chi connectivity index (χ1v) is 9.55. The molecule has 2 N–H and O–H groups in total. The Labute approximate surface area is 160 Å². The van der Waals surface area contributed by atoms with E-state index in [-0.39, 0.29) is 30.4 Å². The number of hydrogen-bond donors (Lipinski definition) is 1. The first-order chi connectivity index (χ1) is 11.6. The van der Waals surface area contributed by atoms with E-state index >= 15 is 0 Å². The van der Waals surface area contributed by atoms with E-state index in [1.807, 2.05) is 47.0 Å². The molecule has 0 saturated carbocycles. The molecule has 0 spiro atoms. The van der Waals surface area contributed by atoms with Crippen LogP contribution in [0.15, 0.2) is 54.6 Å². The normalized spacial score (nSPS) is 18.3. The van der Waals surface area contributed by atoms with Gasteiger partial charge in [0.2, 0.25) is 5.91 Å². The molecule has 0 bridgehead atoms. The molecule has 25 heavy (non-hydrogen) atoms. The summed E-state index contributed by atoms with van der Waals surface area (Å²) in [6, 6.07) is 18.3. The van der Waals surface area contributed by atoms with Gasteiger partial charge >= 0.3 is 0 Å². The second-order valence-electron chi connectivity index (χ2n) is 6.31. The summed E-state index contributed by atoms with van der Waals surface area (Å²) in [5.74, 6) is 2.10. The van der Waals surface area contributed by atoms with Crippen molar-refractivity contribution >= 4 is 30.1 Å². The average molecular weight is 377 g/mol. The summed E-state index contributed by atoms with van der Waals surface area (Å²) in [6.45, 7) is 2.88. The maximum Gasteiger partial charge on any atom is 0.225 e. The van der Waals surface area contributed by atoms with Gasteiger partial charge in [-0.25, -0.2) is 0 Å². The van der Waals surface area contributed by atoms with Gasteiger partial charge in [-0.2, -0.15) is 11.8 Å². The van der Waals surface area contributed by atoms with Crippen LogP contribution in [0.4, 0.5) is 0 Å². The molecule has 1 saturated heterocycles. The molecule has 1 fully saturated rings. The Morgan fingerprint density at radius 3 is 2.56 bits per heavy atom. The molecule has 1 aliphatic heterocycles. The van der Waals surface area contributed by atoms with Gasteiger partial charge in [-0.1, -0.05) is 60.2 Å². The molecule has 2 aromatic carbocycles. The van der Waals surface area contributed by atoms with Crippen molar-refractivity contribution in [1.29, 1.82) is 0 Å². The molecule has 2 unspecified atom stereocenters. The van der Waals surface area contributed by atoms with Crippen molar-refractivity contribution in [2.75, 3.05) is 18.1 Å². The zero-order valence-electron chi connectivity index (χ0n) is 14.4. The predicted molar refractivity (Wildman–Crippen MR) is 108 cm³/mol. The standard InChI is InChI=1S/C20H24N2OS.ClH/c1-15-7-9-17(10-8-15)19-14-24-12-11-22(19)20(23)13-18(21)16-5-3-2-4-6-16;/h2-10,18-19H,11-14,21H2,1H3;1H. The molecule has 5 heteroatoms. The summed E-state index contributed by atoms with van der Waals surface area (Å²) in [5.41, 5.74) is 9.73. The molecule has 2 aromatic rings. The van der Waals surface area contributed by atoms with Crippen molar-refractivity contribution in [1.82, 2.24) is 4.90 Å². The van der Waals surface area contributed by atoms with E-state index < -0.39 is 0 Å². The molecule has 1 amide bonds. The van der Waals surface area contributed by atoms with E-state index in [1.54, 1.807) is 0 Å². The minimum Gasteiger partial charge on any atom is -0.334 e. The Morgan fingerprint density at radius 2 is 1.88 bits per heavy atom. The molecule has 1 heterocycles. The molecule has 134 valence electrons. The lowest BCUT2D eigenvalue weighted by atomic mass is 10.0. The molecule has 0 radical (unpaired) electrons. The highest BCUT2D eigenvalue weighted by atomic mass is 35.5. The Hall–Kier alpha value is -1.49. The van der Waals surface area contributed by atoms with Gasteiger partial charge in [0.25, 0.3) is 0 Å². The van der Waals surface area contributed by atoms with Gasteiger partial charge in [0, 0.05) is 30.5 Å². The number of carbonyl (C=O) groups excluding carboxylic acids is 1. The second kappa shape index (κ2) is 9.27. The number of hydrogen-bond acceptors (Lipinski definition) is 3. The Bertz CT molecular complexity index is 678. The lowest BCUT2D eigenvalue weighted by Gasteiger charge is -2.36. The molecule has 3 nitrogen and oxygen atoms in total. The quantitative estimate of drug-likeness (QED) is 0.872. The highest BCUT2D eigenvalue weighted by Gasteiger charge is 2.29. The largest absolute Gasteiger partial charge is 0.334 e. The van der Waals surface area contributed by atoms with E-state index in [9.17, 15) is 4.79 Å². The summed E-state index contributed by atoms with van der Waals surface area (Å²) in [7, 11) is 0. The van der Waals surface area contributed by atoms with Gasteiger partial charge in [-0.3, -0.25) is 4.79 Å². The third-order valence-electron chi connectivity index (χ3n) is 4.53. The molecule has 0 aliphatic carbocycles. The summed E-state index contributed by atoms with van der Waals surface area (Å²) >= 11 is 1.91. The maximum absolute atomic E-state index is 12.9. The van der Waals surface area contributed by atoms with E-state index in [4.69, 9.17) is 5.73 Å². The summed E-state index contributed by atoms with van der Waals surface area (Å²) < 4.78 is 0. The van der Waals surface area contributed by atoms with Crippen molar-refractivity contribution in [3.05, 3.63) is 71.3 Å². The van der Waals surface area contributed by atoms with Crippen molar-refractivity contribution in [2.45, 2.75) is 25.4 Å². The van der Waals surface area contributed by atoms with Crippen LogP contribution in [0.5, 0.6) is 0 Å². The number of thioether (sulfide) groups is 1. The number of aryl methyl sites for hydroxylation is 1. The van der Waals surface area contributed by atoms with E-state index in [0.717, 1.165) is 23.6 Å². The second-order valence-corrected chi connectivity index (χ2v) is 7.46. The fourth-order valence-electron chi connectivity index (χ4n) is 3.09. The Kier molecular flexibility index (Phi) is 7.36. The maximum atomic E-state index is 12.9. The minimum atomic E-state index is -0.244. The van der Waals surface area contributed by atoms with Crippen LogP contribution in [0.1, 0.15) is 35.2 Å². The smallest absolute Gasteiger partial charge is 0.225 e. The fourth-order valence-corrected chi connectivity index (χ4v) is 4.18. The van der Waals surface area contributed by atoms with Crippen molar-refractivity contribution < 1.29 is 4.79 Å². The number of amides is 1. The van der Waals surface area contributed by atoms with E-state index in [1.165, 1.54) is 11.1 Å². The molecule has 1 aliphatic rings. The highest BCUT2D eigenvalue weighted by molar-refractivity contribution is 7.99. The number of rotatable bonds is 4.